The van der Waals surface area contributed by atoms with E-state index in [0.717, 1.165) is 25.1 Å². The Labute approximate surface area is 108 Å². The summed E-state index contributed by atoms with van der Waals surface area (Å²) in [6, 6.07) is 4.17. The summed E-state index contributed by atoms with van der Waals surface area (Å²) in [5, 5.41) is 0. The summed E-state index contributed by atoms with van der Waals surface area (Å²) in [5.41, 5.74) is 1.11. The third-order valence-corrected chi connectivity index (χ3v) is 3.33. The second-order valence-corrected chi connectivity index (χ2v) is 4.58. The molecule has 4 nitrogen and oxygen atoms in total. The van der Waals surface area contributed by atoms with Gasteiger partial charge >= 0.3 is 0 Å². The molecule has 1 fully saturated rings. The molecule has 0 spiro atoms. The highest BCUT2D eigenvalue weighted by Gasteiger charge is 2.32. The van der Waals surface area contributed by atoms with Crippen LogP contribution in [-0.4, -0.2) is 35.0 Å². The van der Waals surface area contributed by atoms with Crippen molar-refractivity contribution in [3.05, 3.63) is 36.7 Å². The van der Waals surface area contributed by atoms with Crippen LogP contribution in [-0.2, 0) is 9.53 Å². The molecule has 0 aromatic carbocycles. The molecule has 18 heavy (non-hydrogen) atoms. The van der Waals surface area contributed by atoms with Gasteiger partial charge in [0.15, 0.2) is 0 Å². The summed E-state index contributed by atoms with van der Waals surface area (Å²) >= 11 is 0. The van der Waals surface area contributed by atoms with Gasteiger partial charge in [-0.1, -0.05) is 6.08 Å². The van der Waals surface area contributed by atoms with Gasteiger partial charge in [-0.25, -0.2) is 0 Å². The normalized spacial score (nSPS) is 20.9. The van der Waals surface area contributed by atoms with Crippen LogP contribution in [0.15, 0.2) is 31.0 Å². The van der Waals surface area contributed by atoms with E-state index in [1.54, 1.807) is 13.0 Å². The minimum atomic E-state index is -0.404. The third kappa shape index (κ3) is 2.64. The summed E-state index contributed by atoms with van der Waals surface area (Å²) in [6.07, 6.45) is 5.22. The first kappa shape index (κ1) is 12.9. The van der Waals surface area contributed by atoms with Crippen LogP contribution in [0.2, 0.25) is 0 Å². The third-order valence-electron chi connectivity index (χ3n) is 3.33. The minimum Gasteiger partial charge on any atom is -0.365 e. The quantitative estimate of drug-likeness (QED) is 0.812. The zero-order chi connectivity index (χ0) is 13.0. The number of ether oxygens (including phenoxy) is 1. The van der Waals surface area contributed by atoms with Crippen molar-refractivity contribution in [2.24, 2.45) is 0 Å². The van der Waals surface area contributed by atoms with Crippen molar-refractivity contribution in [3.8, 4) is 0 Å². The minimum absolute atomic E-state index is 0.0638. The molecule has 1 N–H and O–H groups in total. The van der Waals surface area contributed by atoms with Crippen molar-refractivity contribution in [2.75, 3.05) is 13.2 Å². The van der Waals surface area contributed by atoms with Gasteiger partial charge in [0.2, 0.25) is 0 Å². The lowest BCUT2D eigenvalue weighted by molar-refractivity contribution is -0.143. The highest BCUT2D eigenvalue weighted by Crippen LogP contribution is 2.31. The van der Waals surface area contributed by atoms with Gasteiger partial charge in [-0.15, -0.1) is 6.58 Å². The van der Waals surface area contributed by atoms with Crippen molar-refractivity contribution in [1.29, 1.82) is 0 Å². The number of amides is 1. The smallest absolute Gasteiger partial charge is 0.251 e. The molecule has 2 unspecified atom stereocenters. The van der Waals surface area contributed by atoms with Crippen LogP contribution in [0.1, 0.15) is 31.5 Å². The molecule has 0 bridgehead atoms. The van der Waals surface area contributed by atoms with Gasteiger partial charge in [0.25, 0.3) is 5.91 Å². The van der Waals surface area contributed by atoms with Gasteiger partial charge in [-0.05, 0) is 31.9 Å². The van der Waals surface area contributed by atoms with E-state index in [1.165, 1.54) is 0 Å². The van der Waals surface area contributed by atoms with Crippen LogP contribution in [0.3, 0.4) is 0 Å². The standard InChI is InChI=1S/C14H20N2O2/c1-3-10-18-11(2)14(17)16-9-5-7-13(16)12-6-4-8-15-12/h3-4,6,8,11,13,15H,1,5,7,9-10H2,2H3. The summed E-state index contributed by atoms with van der Waals surface area (Å²) < 4.78 is 5.41. The fourth-order valence-electron chi connectivity index (χ4n) is 2.42. The molecular formula is C14H20N2O2. The summed E-state index contributed by atoms with van der Waals surface area (Å²) in [4.78, 5) is 17.4. The molecular weight excluding hydrogens is 228 g/mol. The van der Waals surface area contributed by atoms with Gasteiger partial charge in [-0.2, -0.15) is 0 Å². The molecule has 0 saturated carbocycles. The molecule has 2 heterocycles. The predicted molar refractivity (Wildman–Crippen MR) is 70.1 cm³/mol. The molecule has 2 rings (SSSR count). The van der Waals surface area contributed by atoms with Crippen molar-refractivity contribution in [1.82, 2.24) is 9.88 Å². The number of hydrogen-bond donors (Lipinski definition) is 1. The van der Waals surface area contributed by atoms with E-state index in [0.29, 0.717) is 6.61 Å². The second kappa shape index (κ2) is 5.87. The second-order valence-electron chi connectivity index (χ2n) is 4.58. The zero-order valence-electron chi connectivity index (χ0n) is 10.8. The zero-order valence-corrected chi connectivity index (χ0v) is 10.8. The number of hydrogen-bond acceptors (Lipinski definition) is 2. The number of aromatic nitrogens is 1. The Bertz CT molecular complexity index is 400. The Morgan fingerprint density at radius 1 is 1.78 bits per heavy atom. The number of nitrogens with zero attached hydrogens (tertiary/aromatic N) is 1. The highest BCUT2D eigenvalue weighted by molar-refractivity contribution is 5.81. The molecule has 98 valence electrons. The Balaban J connectivity index is 2.02. The number of likely N-dealkylation sites (tertiary alicyclic amines) is 1. The lowest BCUT2D eigenvalue weighted by Gasteiger charge is -2.26. The van der Waals surface area contributed by atoms with Crippen molar-refractivity contribution in [3.63, 3.8) is 0 Å². The number of aromatic amines is 1. The summed E-state index contributed by atoms with van der Waals surface area (Å²) in [7, 11) is 0. The predicted octanol–water partition coefficient (Wildman–Crippen LogP) is 2.27. The van der Waals surface area contributed by atoms with Gasteiger partial charge in [-0.3, -0.25) is 4.79 Å². The maximum atomic E-state index is 12.3. The Morgan fingerprint density at radius 2 is 2.61 bits per heavy atom. The average molecular weight is 248 g/mol. The molecule has 4 heteroatoms. The first-order chi connectivity index (χ1) is 8.74. The van der Waals surface area contributed by atoms with Crippen molar-refractivity contribution >= 4 is 5.91 Å². The monoisotopic (exact) mass is 248 g/mol. The van der Waals surface area contributed by atoms with E-state index >= 15 is 0 Å². The number of rotatable bonds is 5. The first-order valence-corrected chi connectivity index (χ1v) is 6.40. The van der Waals surface area contributed by atoms with E-state index in [2.05, 4.69) is 11.6 Å². The molecule has 0 radical (unpaired) electrons. The largest absolute Gasteiger partial charge is 0.365 e. The number of nitrogens with one attached hydrogen (secondary N) is 1. The molecule has 1 aromatic rings. The van der Waals surface area contributed by atoms with Crippen LogP contribution in [0.5, 0.6) is 0 Å². The van der Waals surface area contributed by atoms with Crippen LogP contribution in [0.25, 0.3) is 0 Å². The van der Waals surface area contributed by atoms with Crippen LogP contribution < -0.4 is 0 Å². The summed E-state index contributed by atoms with van der Waals surface area (Å²) in [6.45, 7) is 6.61. The van der Waals surface area contributed by atoms with Crippen LogP contribution in [0, 0.1) is 0 Å². The SMILES string of the molecule is C=CCOC(C)C(=O)N1CCCC1c1ccc[nH]1. The Hall–Kier alpha value is -1.55. The Morgan fingerprint density at radius 3 is 3.28 bits per heavy atom. The van der Waals surface area contributed by atoms with Gasteiger partial charge < -0.3 is 14.6 Å². The van der Waals surface area contributed by atoms with E-state index in [4.69, 9.17) is 4.74 Å². The van der Waals surface area contributed by atoms with E-state index in [9.17, 15) is 4.79 Å². The van der Waals surface area contributed by atoms with Gasteiger partial charge in [0, 0.05) is 18.4 Å². The fourth-order valence-corrected chi connectivity index (χ4v) is 2.42. The maximum Gasteiger partial charge on any atom is 0.251 e. The number of carbonyl (C=O) groups excluding carboxylic acids is 1. The van der Waals surface area contributed by atoms with Crippen molar-refractivity contribution in [2.45, 2.75) is 31.9 Å². The molecule has 2 atom stereocenters. The highest BCUT2D eigenvalue weighted by atomic mass is 16.5. The fraction of sp³-hybridized carbons (Fsp3) is 0.500. The van der Waals surface area contributed by atoms with Crippen LogP contribution >= 0.6 is 0 Å². The molecule has 1 aromatic heterocycles. The number of carbonyl (C=O) groups is 1. The summed E-state index contributed by atoms with van der Waals surface area (Å²) in [5.74, 6) is 0.0638. The molecule has 1 aliphatic rings. The van der Waals surface area contributed by atoms with E-state index < -0.39 is 6.10 Å². The van der Waals surface area contributed by atoms with Crippen LogP contribution in [0.4, 0.5) is 0 Å². The lowest BCUT2D eigenvalue weighted by Crippen LogP contribution is -2.38. The lowest BCUT2D eigenvalue weighted by atomic mass is 10.1. The first-order valence-electron chi connectivity index (χ1n) is 6.40. The van der Waals surface area contributed by atoms with Crippen molar-refractivity contribution < 1.29 is 9.53 Å². The average Bonchev–Trinajstić information content (AvgIpc) is 3.03. The van der Waals surface area contributed by atoms with Gasteiger partial charge in [0.1, 0.15) is 6.10 Å². The van der Waals surface area contributed by atoms with E-state index in [1.807, 2.05) is 23.2 Å². The Kier molecular flexibility index (Phi) is 4.20. The van der Waals surface area contributed by atoms with E-state index in [-0.39, 0.29) is 11.9 Å². The molecule has 1 amide bonds. The topological polar surface area (TPSA) is 45.3 Å². The molecule has 1 aliphatic heterocycles. The maximum absolute atomic E-state index is 12.3. The molecule has 0 aliphatic carbocycles. The molecule has 1 saturated heterocycles. The number of H-pyrrole nitrogens is 1. The van der Waals surface area contributed by atoms with Gasteiger partial charge in [0.05, 0.1) is 12.6 Å².